The Morgan fingerprint density at radius 3 is 2.48 bits per heavy atom. The molecule has 1 aromatic carbocycles. The van der Waals surface area contributed by atoms with Gasteiger partial charge < -0.3 is 5.73 Å². The quantitative estimate of drug-likeness (QED) is 0.857. The van der Waals surface area contributed by atoms with Crippen molar-refractivity contribution in [2.45, 2.75) is 18.4 Å². The third-order valence-corrected chi connectivity index (χ3v) is 5.07. The lowest BCUT2D eigenvalue weighted by molar-refractivity contribution is 0.419. The average Bonchev–Trinajstić information content (AvgIpc) is 2.45. The minimum absolute atomic E-state index is 0.0943. The number of hydrogen-bond acceptors (Lipinski definition) is 4. The number of rotatable bonds is 5. The third-order valence-electron chi connectivity index (χ3n) is 3.06. The second kappa shape index (κ2) is 6.19. The van der Waals surface area contributed by atoms with Crippen LogP contribution in [-0.2, 0) is 16.6 Å². The van der Waals surface area contributed by atoms with Crippen LogP contribution in [0, 0.1) is 5.82 Å². The number of pyridine rings is 1. The maximum atomic E-state index is 13.9. The van der Waals surface area contributed by atoms with Gasteiger partial charge in [-0.25, -0.2) is 12.8 Å². The zero-order valence-corrected chi connectivity index (χ0v) is 12.3. The fourth-order valence-corrected chi connectivity index (χ4v) is 3.58. The molecule has 21 heavy (non-hydrogen) atoms. The summed E-state index contributed by atoms with van der Waals surface area (Å²) in [7, 11) is -4.00. The first-order valence-electron chi connectivity index (χ1n) is 6.40. The van der Waals surface area contributed by atoms with E-state index in [9.17, 15) is 12.8 Å². The van der Waals surface area contributed by atoms with Crippen LogP contribution in [0.3, 0.4) is 0 Å². The van der Waals surface area contributed by atoms with E-state index >= 15 is 0 Å². The first kappa shape index (κ1) is 15.4. The first-order valence-corrected chi connectivity index (χ1v) is 7.84. The van der Waals surface area contributed by atoms with Crippen molar-refractivity contribution in [1.82, 2.24) is 9.29 Å². The Kier molecular flexibility index (Phi) is 4.54. The summed E-state index contributed by atoms with van der Waals surface area (Å²) in [4.78, 5) is 3.41. The van der Waals surface area contributed by atoms with Gasteiger partial charge in [-0.1, -0.05) is 13.0 Å². The summed E-state index contributed by atoms with van der Waals surface area (Å²) in [5.41, 5.74) is 6.31. The molecule has 0 aliphatic rings. The molecule has 0 aliphatic heterocycles. The van der Waals surface area contributed by atoms with Crippen molar-refractivity contribution in [3.63, 3.8) is 0 Å². The minimum Gasteiger partial charge on any atom is -0.398 e. The molecule has 0 saturated carbocycles. The number of aromatic nitrogens is 1. The standard InChI is InChI=1S/C14H16FN3O2S/c1-2-18(10-11-6-8-17-9-7-11)21(19,20)14-12(15)4-3-5-13(14)16/h3-9H,2,10,16H2,1H3. The van der Waals surface area contributed by atoms with Crippen LogP contribution in [0.25, 0.3) is 0 Å². The molecule has 0 unspecified atom stereocenters. The van der Waals surface area contributed by atoms with E-state index in [1.165, 1.54) is 16.4 Å². The normalized spacial score (nSPS) is 11.8. The Morgan fingerprint density at radius 2 is 1.90 bits per heavy atom. The van der Waals surface area contributed by atoms with Crippen LogP contribution < -0.4 is 5.73 Å². The van der Waals surface area contributed by atoms with E-state index in [2.05, 4.69) is 4.98 Å². The van der Waals surface area contributed by atoms with Gasteiger partial charge in [0.2, 0.25) is 10.0 Å². The highest BCUT2D eigenvalue weighted by atomic mass is 32.2. The molecule has 0 amide bonds. The fourth-order valence-electron chi connectivity index (χ4n) is 1.99. The van der Waals surface area contributed by atoms with Crippen LogP contribution in [-0.4, -0.2) is 24.3 Å². The Hall–Kier alpha value is -1.99. The molecule has 0 saturated heterocycles. The van der Waals surface area contributed by atoms with Crippen LogP contribution in [0.2, 0.25) is 0 Å². The molecule has 0 bridgehead atoms. The van der Waals surface area contributed by atoms with Gasteiger partial charge in [0.05, 0.1) is 5.69 Å². The zero-order valence-electron chi connectivity index (χ0n) is 11.5. The van der Waals surface area contributed by atoms with E-state index in [0.717, 1.165) is 11.6 Å². The van der Waals surface area contributed by atoms with Gasteiger partial charge in [0.1, 0.15) is 10.7 Å². The summed E-state index contributed by atoms with van der Waals surface area (Å²) in [5.74, 6) is -0.844. The van der Waals surface area contributed by atoms with E-state index in [1.807, 2.05) is 0 Å². The molecule has 1 heterocycles. The van der Waals surface area contributed by atoms with Crippen LogP contribution in [0.4, 0.5) is 10.1 Å². The lowest BCUT2D eigenvalue weighted by Gasteiger charge is -2.21. The second-order valence-electron chi connectivity index (χ2n) is 4.44. The van der Waals surface area contributed by atoms with Crippen LogP contribution in [0.5, 0.6) is 0 Å². The molecular weight excluding hydrogens is 293 g/mol. The van der Waals surface area contributed by atoms with E-state index in [4.69, 9.17) is 5.73 Å². The predicted molar refractivity (Wildman–Crippen MR) is 78.3 cm³/mol. The van der Waals surface area contributed by atoms with Crippen molar-refractivity contribution in [3.8, 4) is 0 Å². The lowest BCUT2D eigenvalue weighted by Crippen LogP contribution is -2.31. The highest BCUT2D eigenvalue weighted by Crippen LogP contribution is 2.26. The molecule has 0 spiro atoms. The predicted octanol–water partition coefficient (Wildman–Crippen LogP) is 2.01. The maximum Gasteiger partial charge on any atom is 0.248 e. The summed E-state index contributed by atoms with van der Waals surface area (Å²) in [6.45, 7) is 2.03. The van der Waals surface area contributed by atoms with Gasteiger partial charge in [-0.15, -0.1) is 0 Å². The Morgan fingerprint density at radius 1 is 1.24 bits per heavy atom. The molecule has 2 rings (SSSR count). The summed E-state index contributed by atoms with van der Waals surface area (Å²) in [5, 5.41) is 0. The molecule has 7 heteroatoms. The van der Waals surface area contributed by atoms with Crippen LogP contribution in [0.15, 0.2) is 47.6 Å². The van der Waals surface area contributed by atoms with E-state index in [1.54, 1.807) is 31.5 Å². The monoisotopic (exact) mass is 309 g/mol. The lowest BCUT2D eigenvalue weighted by atomic mass is 10.3. The highest BCUT2D eigenvalue weighted by molar-refractivity contribution is 7.89. The molecule has 0 atom stereocenters. The number of halogens is 1. The van der Waals surface area contributed by atoms with Gasteiger partial charge in [-0.3, -0.25) is 4.98 Å². The molecule has 112 valence electrons. The smallest absolute Gasteiger partial charge is 0.248 e. The molecule has 0 fully saturated rings. The molecular formula is C14H16FN3O2S. The fraction of sp³-hybridized carbons (Fsp3) is 0.214. The average molecular weight is 309 g/mol. The summed E-state index contributed by atoms with van der Waals surface area (Å²) in [6.07, 6.45) is 3.15. The number of sulfonamides is 1. The Bertz CT molecular complexity index is 700. The van der Waals surface area contributed by atoms with E-state index in [0.29, 0.717) is 0 Å². The van der Waals surface area contributed by atoms with Gasteiger partial charge in [0.25, 0.3) is 0 Å². The van der Waals surface area contributed by atoms with Gasteiger partial charge in [-0.2, -0.15) is 4.31 Å². The van der Waals surface area contributed by atoms with Crippen molar-refractivity contribution < 1.29 is 12.8 Å². The second-order valence-corrected chi connectivity index (χ2v) is 6.32. The maximum absolute atomic E-state index is 13.9. The molecule has 0 radical (unpaired) electrons. The molecule has 2 N–H and O–H groups in total. The summed E-state index contributed by atoms with van der Waals surface area (Å²) < 4.78 is 40.3. The van der Waals surface area contributed by atoms with Gasteiger partial charge >= 0.3 is 0 Å². The van der Waals surface area contributed by atoms with Crippen molar-refractivity contribution >= 4 is 15.7 Å². The van der Waals surface area contributed by atoms with E-state index in [-0.39, 0.29) is 18.8 Å². The Labute approximate surface area is 123 Å². The van der Waals surface area contributed by atoms with E-state index < -0.39 is 20.7 Å². The largest absolute Gasteiger partial charge is 0.398 e. The van der Waals surface area contributed by atoms with Crippen molar-refractivity contribution in [3.05, 3.63) is 54.1 Å². The topological polar surface area (TPSA) is 76.3 Å². The third kappa shape index (κ3) is 3.20. The Balaban J connectivity index is 2.41. The molecule has 1 aromatic heterocycles. The van der Waals surface area contributed by atoms with Gasteiger partial charge in [-0.05, 0) is 29.8 Å². The highest BCUT2D eigenvalue weighted by Gasteiger charge is 2.28. The minimum atomic E-state index is -4.00. The number of nitrogens with zero attached hydrogens (tertiary/aromatic N) is 2. The summed E-state index contributed by atoms with van der Waals surface area (Å²) >= 11 is 0. The van der Waals surface area contributed by atoms with Crippen molar-refractivity contribution in [2.24, 2.45) is 0 Å². The molecule has 0 aliphatic carbocycles. The number of benzene rings is 1. The van der Waals surface area contributed by atoms with Crippen molar-refractivity contribution in [1.29, 1.82) is 0 Å². The molecule has 2 aromatic rings. The summed E-state index contributed by atoms with van der Waals surface area (Å²) in [6, 6.07) is 7.26. The number of nitrogens with two attached hydrogens (primary N) is 1. The number of nitrogen functional groups attached to an aromatic ring is 1. The molecule has 5 nitrogen and oxygen atoms in total. The van der Waals surface area contributed by atoms with Crippen LogP contribution >= 0.6 is 0 Å². The first-order chi connectivity index (χ1) is 9.96. The SMILES string of the molecule is CCN(Cc1ccncc1)S(=O)(=O)c1c(N)cccc1F. The van der Waals surface area contributed by atoms with Gasteiger partial charge in [0, 0.05) is 25.5 Å². The van der Waals surface area contributed by atoms with Gasteiger partial charge in [0.15, 0.2) is 0 Å². The number of anilines is 1. The van der Waals surface area contributed by atoms with Crippen molar-refractivity contribution in [2.75, 3.05) is 12.3 Å². The van der Waals surface area contributed by atoms with Crippen LogP contribution in [0.1, 0.15) is 12.5 Å². The number of hydrogen-bond donors (Lipinski definition) is 1. The zero-order chi connectivity index (χ0) is 15.5.